The normalized spacial score (nSPS) is 21.6. The Morgan fingerprint density at radius 1 is 1.47 bits per heavy atom. The molecule has 0 spiro atoms. The molecule has 3 atom stereocenters. The second-order valence-corrected chi connectivity index (χ2v) is 6.50. The van der Waals surface area contributed by atoms with Crippen LogP contribution >= 0.6 is 0 Å². The van der Waals surface area contributed by atoms with Crippen molar-refractivity contribution in [3.05, 3.63) is 63.0 Å². The number of amides is 1. The molecule has 30 heavy (non-hydrogen) atoms. The van der Waals surface area contributed by atoms with Crippen molar-refractivity contribution in [2.45, 2.75) is 24.9 Å². The summed E-state index contributed by atoms with van der Waals surface area (Å²) in [6.45, 7) is 0.135. The van der Waals surface area contributed by atoms with E-state index in [0.29, 0.717) is 5.69 Å². The van der Waals surface area contributed by atoms with Crippen LogP contribution in [-0.4, -0.2) is 55.9 Å². The number of nitrogens with one attached hydrogen (secondary N) is 3. The third-order valence-electron chi connectivity index (χ3n) is 4.40. The summed E-state index contributed by atoms with van der Waals surface area (Å²) in [6.07, 6.45) is 8.20. The molecular weight excluding hydrogens is 396 g/mol. The zero-order chi connectivity index (χ0) is 21.5. The lowest BCUT2D eigenvalue weighted by atomic mass is 10.2. The fourth-order valence-electron chi connectivity index (χ4n) is 2.89. The number of aromatic amines is 2. The second kappa shape index (κ2) is 9.93. The molecule has 1 saturated heterocycles. The maximum Gasteiger partial charge on any atom is 0.330 e. The van der Waals surface area contributed by atoms with Crippen LogP contribution in [0, 0.1) is 0 Å². The van der Waals surface area contributed by atoms with Crippen LogP contribution in [0.3, 0.4) is 0 Å². The maximum atomic E-state index is 12.1. The topological polar surface area (TPSA) is 177 Å². The van der Waals surface area contributed by atoms with Gasteiger partial charge in [0.05, 0.1) is 36.5 Å². The SMILES string of the molecule is NOCC1OC(n2cc(/C=C/CNC(=O)/C=C/c3cnc[nH]3)c(=O)[nH]c2=O)CC1O. The van der Waals surface area contributed by atoms with Crippen LogP contribution in [-0.2, 0) is 14.4 Å². The largest absolute Gasteiger partial charge is 0.390 e. The van der Waals surface area contributed by atoms with Crippen molar-refractivity contribution in [1.29, 1.82) is 0 Å². The molecule has 0 saturated carbocycles. The minimum Gasteiger partial charge on any atom is -0.390 e. The molecule has 1 amide bonds. The van der Waals surface area contributed by atoms with Crippen LogP contribution in [0.1, 0.15) is 23.9 Å². The summed E-state index contributed by atoms with van der Waals surface area (Å²) >= 11 is 0. The predicted molar refractivity (Wildman–Crippen MR) is 106 cm³/mol. The highest BCUT2D eigenvalue weighted by Crippen LogP contribution is 2.27. The van der Waals surface area contributed by atoms with E-state index in [2.05, 4.69) is 25.1 Å². The molecule has 12 heteroatoms. The number of nitrogens with two attached hydrogens (primary N) is 1. The molecule has 3 rings (SSSR count). The second-order valence-electron chi connectivity index (χ2n) is 6.50. The standard InChI is InChI=1S/C18H22N6O6/c19-29-9-14-13(25)6-16(30-14)24-8-11(17(27)23-18(24)28)2-1-5-21-15(26)4-3-12-7-20-10-22-12/h1-4,7-8,10,13-14,16,25H,5-6,9,19H2,(H,20,22)(H,21,26)(H,23,27,28)/b2-1+,4-3+. The number of aliphatic hydroxyl groups excluding tert-OH is 1. The minimum atomic E-state index is -0.860. The van der Waals surface area contributed by atoms with E-state index in [9.17, 15) is 19.5 Å². The fourth-order valence-corrected chi connectivity index (χ4v) is 2.89. The predicted octanol–water partition coefficient (Wildman–Crippen LogP) is -1.36. The Morgan fingerprint density at radius 2 is 2.30 bits per heavy atom. The molecule has 1 aliphatic heterocycles. The van der Waals surface area contributed by atoms with Crippen molar-refractivity contribution in [2.24, 2.45) is 5.90 Å². The molecule has 0 aromatic carbocycles. The highest BCUT2D eigenvalue weighted by molar-refractivity contribution is 5.91. The number of carbonyl (C=O) groups excluding carboxylic acids is 1. The summed E-state index contributed by atoms with van der Waals surface area (Å²) in [4.78, 5) is 49.3. The highest BCUT2D eigenvalue weighted by atomic mass is 16.6. The van der Waals surface area contributed by atoms with Crippen molar-refractivity contribution in [2.75, 3.05) is 13.2 Å². The van der Waals surface area contributed by atoms with Crippen molar-refractivity contribution in [3.63, 3.8) is 0 Å². The third-order valence-corrected chi connectivity index (χ3v) is 4.40. The summed E-state index contributed by atoms with van der Waals surface area (Å²) in [5, 5.41) is 12.6. The Kier molecular flexibility index (Phi) is 7.08. The summed E-state index contributed by atoms with van der Waals surface area (Å²) in [5.41, 5.74) is -0.373. The Labute approximate surface area is 170 Å². The Bertz CT molecular complexity index is 1020. The van der Waals surface area contributed by atoms with E-state index >= 15 is 0 Å². The number of hydrogen-bond acceptors (Lipinski definition) is 8. The average Bonchev–Trinajstić information content (AvgIpc) is 3.35. The molecule has 3 unspecified atom stereocenters. The number of nitrogens with zero attached hydrogens (tertiary/aromatic N) is 2. The zero-order valence-corrected chi connectivity index (χ0v) is 15.9. The van der Waals surface area contributed by atoms with Crippen LogP contribution in [0.15, 0.2) is 40.5 Å². The van der Waals surface area contributed by atoms with Gasteiger partial charge in [0, 0.05) is 25.2 Å². The van der Waals surface area contributed by atoms with E-state index in [1.807, 2.05) is 0 Å². The molecular formula is C18H22N6O6. The van der Waals surface area contributed by atoms with Crippen LogP contribution in [0.2, 0.25) is 0 Å². The van der Waals surface area contributed by atoms with Gasteiger partial charge in [-0.3, -0.25) is 19.1 Å². The van der Waals surface area contributed by atoms with Gasteiger partial charge in [0.1, 0.15) is 12.3 Å². The number of aromatic nitrogens is 4. The Balaban J connectivity index is 1.62. The first-order valence-corrected chi connectivity index (χ1v) is 9.09. The van der Waals surface area contributed by atoms with Crippen LogP contribution < -0.4 is 22.5 Å². The number of hydrogen-bond donors (Lipinski definition) is 5. The number of carbonyl (C=O) groups is 1. The van der Waals surface area contributed by atoms with Gasteiger partial charge in [0.2, 0.25) is 5.91 Å². The first-order chi connectivity index (χ1) is 14.5. The van der Waals surface area contributed by atoms with Gasteiger partial charge >= 0.3 is 5.69 Å². The molecule has 2 aromatic heterocycles. The van der Waals surface area contributed by atoms with E-state index in [1.54, 1.807) is 18.3 Å². The molecule has 12 nitrogen and oxygen atoms in total. The van der Waals surface area contributed by atoms with Gasteiger partial charge in [-0.25, -0.2) is 15.7 Å². The first kappa shape index (κ1) is 21.4. The molecule has 1 fully saturated rings. The summed E-state index contributed by atoms with van der Waals surface area (Å²) in [5.74, 6) is 4.68. The molecule has 0 aliphatic carbocycles. The number of H-pyrrole nitrogens is 2. The quantitative estimate of drug-likeness (QED) is 0.258. The van der Waals surface area contributed by atoms with Crippen molar-refractivity contribution in [3.8, 4) is 0 Å². The van der Waals surface area contributed by atoms with Gasteiger partial charge in [-0.1, -0.05) is 12.2 Å². The summed E-state index contributed by atoms with van der Waals surface area (Å²) in [7, 11) is 0. The van der Waals surface area contributed by atoms with Gasteiger partial charge in [-0.05, 0) is 6.08 Å². The van der Waals surface area contributed by atoms with E-state index in [1.165, 1.54) is 29.2 Å². The first-order valence-electron chi connectivity index (χ1n) is 9.09. The fraction of sp³-hybridized carbons (Fsp3) is 0.333. The lowest BCUT2D eigenvalue weighted by molar-refractivity contribution is -0.116. The molecule has 0 bridgehead atoms. The van der Waals surface area contributed by atoms with Gasteiger partial charge in [0.15, 0.2) is 0 Å². The lowest BCUT2D eigenvalue weighted by Crippen LogP contribution is -2.33. The monoisotopic (exact) mass is 418 g/mol. The van der Waals surface area contributed by atoms with Gasteiger partial charge < -0.3 is 25.0 Å². The van der Waals surface area contributed by atoms with Crippen LogP contribution in [0.25, 0.3) is 12.2 Å². The van der Waals surface area contributed by atoms with Gasteiger partial charge in [-0.15, -0.1) is 0 Å². The van der Waals surface area contributed by atoms with Gasteiger partial charge in [-0.2, -0.15) is 0 Å². The molecule has 2 aromatic rings. The Morgan fingerprint density at radius 3 is 3.03 bits per heavy atom. The number of imidazole rings is 1. The van der Waals surface area contributed by atoms with Crippen molar-refractivity contribution in [1.82, 2.24) is 24.8 Å². The summed E-state index contributed by atoms with van der Waals surface area (Å²) < 4.78 is 6.77. The highest BCUT2D eigenvalue weighted by Gasteiger charge is 2.35. The minimum absolute atomic E-state index is 0.0307. The van der Waals surface area contributed by atoms with E-state index in [-0.39, 0.29) is 31.0 Å². The molecule has 6 N–H and O–H groups in total. The van der Waals surface area contributed by atoms with E-state index in [0.717, 1.165) is 0 Å². The number of ether oxygens (including phenoxy) is 1. The Hall–Kier alpha value is -3.32. The van der Waals surface area contributed by atoms with Crippen molar-refractivity contribution < 1.29 is 19.5 Å². The molecule has 1 aliphatic rings. The van der Waals surface area contributed by atoms with Crippen molar-refractivity contribution >= 4 is 18.1 Å². The summed E-state index contributed by atoms with van der Waals surface area (Å²) in [6, 6.07) is 0. The molecule has 0 radical (unpaired) electrons. The zero-order valence-electron chi connectivity index (χ0n) is 15.9. The number of rotatable bonds is 8. The smallest absolute Gasteiger partial charge is 0.330 e. The third kappa shape index (κ3) is 5.39. The molecule has 160 valence electrons. The maximum absolute atomic E-state index is 12.1. The van der Waals surface area contributed by atoms with Gasteiger partial charge in [0.25, 0.3) is 5.56 Å². The molecule has 3 heterocycles. The van der Waals surface area contributed by atoms with Crippen LogP contribution in [0.5, 0.6) is 0 Å². The van der Waals surface area contributed by atoms with E-state index < -0.39 is 29.7 Å². The van der Waals surface area contributed by atoms with E-state index in [4.69, 9.17) is 10.6 Å². The number of aliphatic hydroxyl groups is 1. The average molecular weight is 418 g/mol. The lowest BCUT2D eigenvalue weighted by Gasteiger charge is -2.15. The van der Waals surface area contributed by atoms with Crippen LogP contribution in [0.4, 0.5) is 0 Å².